The fraction of sp³-hybridized carbons (Fsp3) is 0.375. The van der Waals surface area contributed by atoms with Gasteiger partial charge < -0.3 is 14.8 Å². The number of rotatable bonds is 9. The highest BCUT2D eigenvalue weighted by molar-refractivity contribution is 5.98. The van der Waals surface area contributed by atoms with Gasteiger partial charge in [-0.15, -0.1) is 0 Å². The number of carbonyl (C=O) groups excluding carboxylic acids is 3. The van der Waals surface area contributed by atoms with Crippen LogP contribution in [0.1, 0.15) is 52.1 Å². The predicted molar refractivity (Wildman–Crippen MR) is 122 cm³/mol. The summed E-state index contributed by atoms with van der Waals surface area (Å²) in [5.41, 5.74) is 7.29. The van der Waals surface area contributed by atoms with Crippen molar-refractivity contribution in [2.24, 2.45) is 5.92 Å². The number of amides is 3. The molecule has 0 saturated heterocycles. The maximum atomic E-state index is 12.4. The second-order valence-corrected chi connectivity index (χ2v) is 7.96. The van der Waals surface area contributed by atoms with Crippen LogP contribution in [0.25, 0.3) is 0 Å². The van der Waals surface area contributed by atoms with E-state index in [2.05, 4.69) is 30.0 Å². The van der Waals surface area contributed by atoms with Crippen molar-refractivity contribution >= 4 is 17.7 Å². The molecular formula is C24H31N3O5. The summed E-state index contributed by atoms with van der Waals surface area (Å²) in [6.07, 6.45) is 0.900. The number of benzene rings is 2. The van der Waals surface area contributed by atoms with E-state index in [9.17, 15) is 14.4 Å². The lowest BCUT2D eigenvalue weighted by molar-refractivity contribution is -0.120. The molecule has 8 nitrogen and oxygen atoms in total. The van der Waals surface area contributed by atoms with E-state index >= 15 is 0 Å². The molecule has 0 atom stereocenters. The van der Waals surface area contributed by atoms with Crippen molar-refractivity contribution in [3.8, 4) is 11.5 Å². The Bertz CT molecular complexity index is 952. The van der Waals surface area contributed by atoms with E-state index in [1.165, 1.54) is 13.2 Å². The zero-order chi connectivity index (χ0) is 23.7. The third-order valence-corrected chi connectivity index (χ3v) is 4.59. The Morgan fingerprint density at radius 2 is 1.56 bits per heavy atom. The maximum Gasteiger partial charge on any atom is 0.269 e. The molecule has 32 heavy (non-hydrogen) atoms. The fourth-order valence-corrected chi connectivity index (χ4v) is 2.94. The fourth-order valence-electron chi connectivity index (χ4n) is 2.94. The molecule has 2 aromatic carbocycles. The van der Waals surface area contributed by atoms with Crippen molar-refractivity contribution in [2.45, 2.75) is 34.1 Å². The van der Waals surface area contributed by atoms with E-state index in [0.717, 1.165) is 17.5 Å². The summed E-state index contributed by atoms with van der Waals surface area (Å²) in [4.78, 5) is 36.6. The SMILES string of the molecule is COc1cc(C(=O)NNC(=O)CNC(=O)c2cc(C)cc(C)c2)ccc1OCCC(C)C. The standard InChI is InChI=1S/C24H31N3O5/c1-15(2)8-9-32-20-7-6-18(13-21(20)31-5)24(30)27-26-22(28)14-25-23(29)19-11-16(3)10-17(4)12-19/h6-7,10-13,15H,8-9,14H2,1-5H3,(H,25,29)(H,26,28)(H,27,30). The minimum absolute atomic E-state index is 0.280. The summed E-state index contributed by atoms with van der Waals surface area (Å²) >= 11 is 0. The molecule has 2 rings (SSSR count). The first-order valence-electron chi connectivity index (χ1n) is 10.5. The van der Waals surface area contributed by atoms with E-state index in [1.54, 1.807) is 24.3 Å². The molecular weight excluding hydrogens is 410 g/mol. The molecule has 0 heterocycles. The summed E-state index contributed by atoms with van der Waals surface area (Å²) in [5.74, 6) is 0.0374. The molecule has 3 amide bonds. The van der Waals surface area contributed by atoms with Crippen LogP contribution in [0.15, 0.2) is 36.4 Å². The first-order chi connectivity index (χ1) is 15.2. The van der Waals surface area contributed by atoms with E-state index < -0.39 is 11.8 Å². The van der Waals surface area contributed by atoms with Crippen LogP contribution in [0.5, 0.6) is 11.5 Å². The zero-order valence-electron chi connectivity index (χ0n) is 19.2. The topological polar surface area (TPSA) is 106 Å². The normalized spacial score (nSPS) is 10.4. The molecule has 0 bridgehead atoms. The van der Waals surface area contributed by atoms with Crippen molar-refractivity contribution in [1.82, 2.24) is 16.2 Å². The van der Waals surface area contributed by atoms with Gasteiger partial charge in [0, 0.05) is 11.1 Å². The van der Waals surface area contributed by atoms with Gasteiger partial charge in [0.1, 0.15) is 0 Å². The van der Waals surface area contributed by atoms with E-state index in [1.807, 2.05) is 19.9 Å². The Morgan fingerprint density at radius 3 is 2.19 bits per heavy atom. The Hall–Kier alpha value is -3.55. The molecule has 0 fully saturated rings. The molecule has 0 aliphatic carbocycles. The van der Waals surface area contributed by atoms with E-state index in [-0.39, 0.29) is 18.0 Å². The van der Waals surface area contributed by atoms with Gasteiger partial charge in [-0.3, -0.25) is 25.2 Å². The van der Waals surface area contributed by atoms with Crippen molar-refractivity contribution in [3.05, 3.63) is 58.7 Å². The van der Waals surface area contributed by atoms with Crippen LogP contribution in [-0.4, -0.2) is 38.0 Å². The predicted octanol–water partition coefficient (Wildman–Crippen LogP) is 2.93. The lowest BCUT2D eigenvalue weighted by Crippen LogP contribution is -2.46. The molecule has 2 aromatic rings. The Labute approximate surface area is 188 Å². The van der Waals surface area contributed by atoms with Crippen LogP contribution in [0.2, 0.25) is 0 Å². The molecule has 0 radical (unpaired) electrons. The Balaban J connectivity index is 1.85. The zero-order valence-corrected chi connectivity index (χ0v) is 19.2. The molecule has 0 aromatic heterocycles. The Kier molecular flexibility index (Phi) is 9.07. The Morgan fingerprint density at radius 1 is 0.875 bits per heavy atom. The average Bonchev–Trinajstić information content (AvgIpc) is 2.74. The van der Waals surface area contributed by atoms with Gasteiger partial charge in [0.15, 0.2) is 11.5 Å². The average molecular weight is 442 g/mol. The van der Waals surface area contributed by atoms with Crippen molar-refractivity contribution in [1.29, 1.82) is 0 Å². The van der Waals surface area contributed by atoms with Gasteiger partial charge >= 0.3 is 0 Å². The van der Waals surface area contributed by atoms with Gasteiger partial charge in [0.2, 0.25) is 0 Å². The van der Waals surface area contributed by atoms with Crippen molar-refractivity contribution in [3.63, 3.8) is 0 Å². The third-order valence-electron chi connectivity index (χ3n) is 4.59. The molecule has 8 heteroatoms. The highest BCUT2D eigenvalue weighted by Gasteiger charge is 2.13. The van der Waals surface area contributed by atoms with Crippen LogP contribution < -0.4 is 25.6 Å². The molecule has 0 aliphatic heterocycles. The molecule has 0 unspecified atom stereocenters. The highest BCUT2D eigenvalue weighted by atomic mass is 16.5. The minimum Gasteiger partial charge on any atom is -0.493 e. The smallest absolute Gasteiger partial charge is 0.269 e. The number of hydrogen-bond acceptors (Lipinski definition) is 5. The molecule has 0 spiro atoms. The number of methoxy groups -OCH3 is 1. The minimum atomic E-state index is -0.559. The van der Waals surface area contributed by atoms with Crippen LogP contribution >= 0.6 is 0 Å². The van der Waals surface area contributed by atoms with Gasteiger partial charge in [0.05, 0.1) is 20.3 Å². The second kappa shape index (κ2) is 11.7. The first kappa shape index (κ1) is 24.7. The second-order valence-electron chi connectivity index (χ2n) is 7.96. The summed E-state index contributed by atoms with van der Waals surface area (Å²) in [6.45, 7) is 8.27. The monoisotopic (exact) mass is 441 g/mol. The summed E-state index contributed by atoms with van der Waals surface area (Å²) in [7, 11) is 1.49. The summed E-state index contributed by atoms with van der Waals surface area (Å²) in [5, 5.41) is 2.53. The number of hydrazine groups is 1. The number of aryl methyl sites for hydroxylation is 2. The quantitative estimate of drug-likeness (QED) is 0.519. The van der Waals surface area contributed by atoms with Crippen LogP contribution in [-0.2, 0) is 4.79 Å². The molecule has 0 aliphatic rings. The van der Waals surface area contributed by atoms with Gasteiger partial charge in [-0.2, -0.15) is 0 Å². The molecule has 3 N–H and O–H groups in total. The van der Waals surface area contributed by atoms with Crippen LogP contribution in [0.4, 0.5) is 0 Å². The van der Waals surface area contributed by atoms with Gasteiger partial charge in [0.25, 0.3) is 17.7 Å². The van der Waals surface area contributed by atoms with Crippen molar-refractivity contribution in [2.75, 3.05) is 20.3 Å². The van der Waals surface area contributed by atoms with Crippen LogP contribution in [0.3, 0.4) is 0 Å². The molecule has 172 valence electrons. The highest BCUT2D eigenvalue weighted by Crippen LogP contribution is 2.28. The summed E-state index contributed by atoms with van der Waals surface area (Å²) in [6, 6.07) is 10.2. The largest absolute Gasteiger partial charge is 0.493 e. The first-order valence-corrected chi connectivity index (χ1v) is 10.5. The third kappa shape index (κ3) is 7.61. The van der Waals surface area contributed by atoms with Crippen LogP contribution in [0, 0.1) is 19.8 Å². The lowest BCUT2D eigenvalue weighted by atomic mass is 10.1. The molecule has 0 saturated carbocycles. The van der Waals surface area contributed by atoms with E-state index in [0.29, 0.717) is 29.6 Å². The number of nitrogens with one attached hydrogen (secondary N) is 3. The number of carbonyl (C=O) groups is 3. The van der Waals surface area contributed by atoms with Gasteiger partial charge in [-0.1, -0.05) is 31.0 Å². The van der Waals surface area contributed by atoms with Crippen molar-refractivity contribution < 1.29 is 23.9 Å². The number of ether oxygens (including phenoxy) is 2. The summed E-state index contributed by atoms with van der Waals surface area (Å²) < 4.78 is 11.0. The van der Waals surface area contributed by atoms with Gasteiger partial charge in [-0.05, 0) is 56.5 Å². The van der Waals surface area contributed by atoms with Gasteiger partial charge in [-0.25, -0.2) is 0 Å². The lowest BCUT2D eigenvalue weighted by Gasteiger charge is -2.13. The van der Waals surface area contributed by atoms with E-state index in [4.69, 9.17) is 9.47 Å². The maximum absolute atomic E-state index is 12.4. The number of hydrogen-bond donors (Lipinski definition) is 3.